The van der Waals surface area contributed by atoms with Crippen LogP contribution in [0.3, 0.4) is 0 Å². The Bertz CT molecular complexity index is 504. The van der Waals surface area contributed by atoms with E-state index in [-0.39, 0.29) is 6.61 Å². The number of nitrogens with two attached hydrogens (primary N) is 1. The van der Waals surface area contributed by atoms with Crippen molar-refractivity contribution in [3.05, 3.63) is 35.4 Å². The molecule has 1 rings (SSSR count). The van der Waals surface area contributed by atoms with E-state index in [0.717, 1.165) is 18.4 Å². The van der Waals surface area contributed by atoms with Crippen LogP contribution in [-0.2, 0) is 0 Å². The van der Waals surface area contributed by atoms with Crippen LogP contribution >= 0.6 is 0 Å². The highest BCUT2D eigenvalue weighted by atomic mass is 16.3. The summed E-state index contributed by atoms with van der Waals surface area (Å²) in [5.41, 5.74) is 7.26. The van der Waals surface area contributed by atoms with Gasteiger partial charge >= 0.3 is 0 Å². The smallest absolute Gasteiger partial charge is 0.0963 e. The number of hydrogen-bond acceptors (Lipinski definition) is 3. The second-order valence-electron chi connectivity index (χ2n) is 6.44. The maximum atomic E-state index is 10.0. The molecule has 0 radical (unpaired) electrons. The summed E-state index contributed by atoms with van der Waals surface area (Å²) in [6.07, 6.45) is 10.5. The highest BCUT2D eigenvalue weighted by molar-refractivity contribution is 5.38. The topological polar surface area (TPSA) is 66.5 Å². The zero-order valence-electron chi connectivity index (χ0n) is 15.0. The van der Waals surface area contributed by atoms with E-state index in [1.165, 1.54) is 44.9 Å². The van der Waals surface area contributed by atoms with Crippen molar-refractivity contribution < 1.29 is 10.2 Å². The summed E-state index contributed by atoms with van der Waals surface area (Å²) in [4.78, 5) is 0. The Kier molecular flexibility index (Phi) is 11.2. The van der Waals surface area contributed by atoms with Gasteiger partial charge in [0.25, 0.3) is 0 Å². The Labute approximate surface area is 147 Å². The third kappa shape index (κ3) is 8.49. The van der Waals surface area contributed by atoms with Crippen molar-refractivity contribution in [2.75, 3.05) is 6.61 Å². The lowest BCUT2D eigenvalue weighted by Crippen LogP contribution is -2.31. The predicted molar refractivity (Wildman–Crippen MR) is 101 cm³/mol. The maximum Gasteiger partial charge on any atom is 0.0963 e. The molecule has 1 aromatic carbocycles. The molecule has 0 spiro atoms. The zero-order chi connectivity index (χ0) is 17.6. The van der Waals surface area contributed by atoms with Crippen LogP contribution in [-0.4, -0.2) is 22.9 Å². The van der Waals surface area contributed by atoms with E-state index in [0.29, 0.717) is 5.56 Å². The van der Waals surface area contributed by atoms with Gasteiger partial charge in [0.05, 0.1) is 18.8 Å². The Morgan fingerprint density at radius 3 is 2.38 bits per heavy atom. The van der Waals surface area contributed by atoms with E-state index in [4.69, 9.17) is 10.8 Å². The number of benzene rings is 1. The predicted octanol–water partition coefficient (Wildman–Crippen LogP) is 3.92. The molecule has 134 valence electrons. The van der Waals surface area contributed by atoms with Crippen LogP contribution < -0.4 is 5.73 Å². The van der Waals surface area contributed by atoms with Gasteiger partial charge in [-0.05, 0) is 24.1 Å². The summed E-state index contributed by atoms with van der Waals surface area (Å²) in [7, 11) is 0. The molecule has 3 heteroatoms. The highest BCUT2D eigenvalue weighted by Gasteiger charge is 2.15. The van der Waals surface area contributed by atoms with Crippen LogP contribution in [0.5, 0.6) is 0 Å². The summed E-state index contributed by atoms with van der Waals surface area (Å²) in [5, 5.41) is 19.1. The fraction of sp³-hybridized carbons (Fsp3) is 0.619. The molecular weight excluding hydrogens is 298 g/mol. The average molecular weight is 332 g/mol. The van der Waals surface area contributed by atoms with Gasteiger partial charge in [-0.1, -0.05) is 75.8 Å². The van der Waals surface area contributed by atoms with Gasteiger partial charge in [-0.2, -0.15) is 0 Å². The van der Waals surface area contributed by atoms with Crippen molar-refractivity contribution in [2.45, 2.75) is 76.9 Å². The van der Waals surface area contributed by atoms with Crippen molar-refractivity contribution in [2.24, 2.45) is 5.73 Å². The third-order valence-corrected chi connectivity index (χ3v) is 4.23. The van der Waals surface area contributed by atoms with Crippen LogP contribution in [0.1, 0.15) is 81.9 Å². The van der Waals surface area contributed by atoms with Crippen molar-refractivity contribution in [1.29, 1.82) is 0 Å². The van der Waals surface area contributed by atoms with Crippen molar-refractivity contribution >= 4 is 0 Å². The molecule has 3 nitrogen and oxygen atoms in total. The second kappa shape index (κ2) is 13.0. The van der Waals surface area contributed by atoms with Gasteiger partial charge in [0.1, 0.15) is 0 Å². The van der Waals surface area contributed by atoms with Crippen molar-refractivity contribution in [3.63, 3.8) is 0 Å². The largest absolute Gasteiger partial charge is 0.395 e. The van der Waals surface area contributed by atoms with Gasteiger partial charge in [0, 0.05) is 12.0 Å². The van der Waals surface area contributed by atoms with E-state index < -0.39 is 12.1 Å². The summed E-state index contributed by atoms with van der Waals surface area (Å²) < 4.78 is 0. The second-order valence-corrected chi connectivity index (χ2v) is 6.44. The Morgan fingerprint density at radius 1 is 1.04 bits per heavy atom. The Morgan fingerprint density at radius 2 is 1.71 bits per heavy atom. The summed E-state index contributed by atoms with van der Waals surface area (Å²) in [6, 6.07) is 6.79. The minimum Gasteiger partial charge on any atom is -0.395 e. The highest BCUT2D eigenvalue weighted by Crippen LogP contribution is 2.16. The van der Waals surface area contributed by atoms with Gasteiger partial charge in [0.15, 0.2) is 0 Å². The third-order valence-electron chi connectivity index (χ3n) is 4.23. The summed E-state index contributed by atoms with van der Waals surface area (Å²) >= 11 is 0. The van der Waals surface area contributed by atoms with E-state index in [2.05, 4.69) is 18.8 Å². The molecule has 4 N–H and O–H groups in total. The van der Waals surface area contributed by atoms with Crippen molar-refractivity contribution in [3.8, 4) is 11.8 Å². The molecule has 1 aromatic rings. The zero-order valence-corrected chi connectivity index (χ0v) is 15.0. The van der Waals surface area contributed by atoms with Crippen LogP contribution in [0.25, 0.3) is 0 Å². The fourth-order valence-electron chi connectivity index (χ4n) is 2.66. The first kappa shape index (κ1) is 20.7. The number of unbranched alkanes of at least 4 members (excludes halogenated alkanes) is 8. The first-order valence-electron chi connectivity index (χ1n) is 9.32. The molecular formula is C21H33NO2. The first-order valence-corrected chi connectivity index (χ1v) is 9.32. The lowest BCUT2D eigenvalue weighted by molar-refractivity contribution is 0.109. The minimum atomic E-state index is -0.857. The average Bonchev–Trinajstić information content (AvgIpc) is 2.62. The fourth-order valence-corrected chi connectivity index (χ4v) is 2.66. The molecule has 0 aliphatic carbocycles. The lowest BCUT2D eigenvalue weighted by Gasteiger charge is -2.16. The van der Waals surface area contributed by atoms with Gasteiger partial charge < -0.3 is 15.9 Å². The summed E-state index contributed by atoms with van der Waals surface area (Å²) in [6.45, 7) is 2.01. The molecule has 0 amide bonds. The molecule has 0 heterocycles. The molecule has 24 heavy (non-hydrogen) atoms. The van der Waals surface area contributed by atoms with Crippen LogP contribution in [0.15, 0.2) is 24.3 Å². The van der Waals surface area contributed by atoms with Gasteiger partial charge in [-0.25, -0.2) is 0 Å². The molecule has 0 fully saturated rings. The first-order chi connectivity index (χ1) is 11.7. The van der Waals surface area contributed by atoms with Gasteiger partial charge in [-0.3, -0.25) is 0 Å². The molecule has 1 unspecified atom stereocenters. The van der Waals surface area contributed by atoms with Crippen LogP contribution in [0, 0.1) is 11.8 Å². The molecule has 0 bridgehead atoms. The van der Waals surface area contributed by atoms with E-state index in [9.17, 15) is 5.11 Å². The minimum absolute atomic E-state index is 0.241. The van der Waals surface area contributed by atoms with Gasteiger partial charge in [0.2, 0.25) is 0 Å². The maximum absolute atomic E-state index is 10.0. The molecule has 0 aromatic heterocycles. The summed E-state index contributed by atoms with van der Waals surface area (Å²) in [5.74, 6) is 6.36. The lowest BCUT2D eigenvalue weighted by atomic mass is 10.0. The molecule has 2 atom stereocenters. The van der Waals surface area contributed by atoms with E-state index >= 15 is 0 Å². The molecule has 0 saturated carbocycles. The normalized spacial score (nSPS) is 13.2. The molecule has 0 aliphatic rings. The number of rotatable bonds is 11. The molecule has 0 saturated heterocycles. The standard InChI is InChI=1S/C21H33NO2/c1-2-3-4-5-6-7-8-9-10-11-13-18-14-12-15-19(16-18)21(24)20(22)17-23/h12,14-16,20-21,23-24H,2-10,17,22H2,1H3/t20-,21?/m0/s1. The number of aliphatic hydroxyl groups is 2. The van der Waals surface area contributed by atoms with Crippen molar-refractivity contribution in [1.82, 2.24) is 0 Å². The SMILES string of the molecule is CCCCCCCCCCC#Cc1cccc(C(O)[C@@H](N)CO)c1. The number of aliphatic hydroxyl groups excluding tert-OH is 2. The van der Waals surface area contributed by atoms with Crippen LogP contribution in [0.4, 0.5) is 0 Å². The molecule has 0 aliphatic heterocycles. The quantitative estimate of drug-likeness (QED) is 0.425. The van der Waals surface area contributed by atoms with Gasteiger partial charge in [-0.15, -0.1) is 0 Å². The Balaban J connectivity index is 2.29. The van der Waals surface area contributed by atoms with E-state index in [1.54, 1.807) is 0 Å². The monoisotopic (exact) mass is 331 g/mol. The Hall–Kier alpha value is -1.34. The van der Waals surface area contributed by atoms with Crippen LogP contribution in [0.2, 0.25) is 0 Å². The number of hydrogen-bond donors (Lipinski definition) is 3. The van der Waals surface area contributed by atoms with E-state index in [1.807, 2.05) is 24.3 Å².